The van der Waals surface area contributed by atoms with E-state index in [2.05, 4.69) is 10.3 Å². The zero-order valence-corrected chi connectivity index (χ0v) is 9.98. The molecule has 0 aliphatic heterocycles. The van der Waals surface area contributed by atoms with Gasteiger partial charge in [-0.25, -0.2) is 4.39 Å². The van der Waals surface area contributed by atoms with E-state index in [1.54, 1.807) is 30.5 Å². The van der Waals surface area contributed by atoms with Crippen molar-refractivity contribution >= 4 is 11.6 Å². The van der Waals surface area contributed by atoms with Crippen LogP contribution >= 0.6 is 0 Å². The number of nitrogens with one attached hydrogen (secondary N) is 1. The highest BCUT2D eigenvalue weighted by atomic mass is 19.1. The van der Waals surface area contributed by atoms with Crippen molar-refractivity contribution in [2.24, 2.45) is 0 Å². The van der Waals surface area contributed by atoms with Gasteiger partial charge in [-0.2, -0.15) is 0 Å². The Morgan fingerprint density at radius 1 is 1.28 bits per heavy atom. The Kier molecular flexibility index (Phi) is 3.67. The molecule has 18 heavy (non-hydrogen) atoms. The van der Waals surface area contributed by atoms with Crippen LogP contribution in [0.5, 0.6) is 0 Å². The molecule has 4 heteroatoms. The van der Waals surface area contributed by atoms with Gasteiger partial charge in [-0.3, -0.25) is 9.78 Å². The van der Waals surface area contributed by atoms with Gasteiger partial charge in [-0.1, -0.05) is 12.1 Å². The van der Waals surface area contributed by atoms with E-state index in [0.29, 0.717) is 0 Å². The van der Waals surface area contributed by atoms with E-state index in [9.17, 15) is 9.18 Å². The van der Waals surface area contributed by atoms with Crippen LogP contribution in [0.4, 0.5) is 10.1 Å². The van der Waals surface area contributed by atoms with Gasteiger partial charge in [0.2, 0.25) is 5.91 Å². The standard InChI is InChI=1S/C14H13FN2O/c1-10-8-13(6-7-16-10)17-14(18)9-11-2-4-12(15)5-3-11/h2-8H,9H2,1H3,(H,16,17,18). The fraction of sp³-hybridized carbons (Fsp3) is 0.143. The Hall–Kier alpha value is -2.23. The van der Waals surface area contributed by atoms with Crippen molar-refractivity contribution in [2.75, 3.05) is 5.32 Å². The smallest absolute Gasteiger partial charge is 0.228 e. The van der Waals surface area contributed by atoms with Crippen molar-refractivity contribution in [2.45, 2.75) is 13.3 Å². The fourth-order valence-corrected chi connectivity index (χ4v) is 1.62. The van der Waals surface area contributed by atoms with Gasteiger partial charge < -0.3 is 5.32 Å². The van der Waals surface area contributed by atoms with Crippen LogP contribution in [-0.4, -0.2) is 10.9 Å². The van der Waals surface area contributed by atoms with E-state index in [0.717, 1.165) is 16.9 Å². The van der Waals surface area contributed by atoms with Crippen LogP contribution in [0, 0.1) is 12.7 Å². The molecular weight excluding hydrogens is 231 g/mol. The van der Waals surface area contributed by atoms with Crippen LogP contribution in [0.2, 0.25) is 0 Å². The summed E-state index contributed by atoms with van der Waals surface area (Å²) in [6.07, 6.45) is 1.87. The molecule has 0 radical (unpaired) electrons. The first kappa shape index (κ1) is 12.2. The number of nitrogens with zero attached hydrogens (tertiary/aromatic N) is 1. The van der Waals surface area contributed by atoms with Crippen LogP contribution < -0.4 is 5.32 Å². The zero-order chi connectivity index (χ0) is 13.0. The predicted octanol–water partition coefficient (Wildman–Crippen LogP) is 2.71. The van der Waals surface area contributed by atoms with Crippen molar-refractivity contribution in [3.8, 4) is 0 Å². The topological polar surface area (TPSA) is 42.0 Å². The number of aromatic nitrogens is 1. The van der Waals surface area contributed by atoms with Crippen LogP contribution in [0.25, 0.3) is 0 Å². The molecule has 0 fully saturated rings. The quantitative estimate of drug-likeness (QED) is 0.902. The van der Waals surface area contributed by atoms with E-state index in [4.69, 9.17) is 0 Å². The van der Waals surface area contributed by atoms with E-state index in [1.165, 1.54) is 12.1 Å². The number of rotatable bonds is 3. The molecule has 2 aromatic rings. The number of benzene rings is 1. The maximum atomic E-state index is 12.7. The molecule has 3 nitrogen and oxygen atoms in total. The van der Waals surface area contributed by atoms with Crippen molar-refractivity contribution in [3.05, 3.63) is 59.7 Å². The average molecular weight is 244 g/mol. The van der Waals surface area contributed by atoms with Crippen molar-refractivity contribution in [3.63, 3.8) is 0 Å². The molecule has 92 valence electrons. The molecule has 1 aromatic heterocycles. The number of anilines is 1. The first-order valence-corrected chi connectivity index (χ1v) is 5.60. The van der Waals surface area contributed by atoms with Gasteiger partial charge in [-0.15, -0.1) is 0 Å². The summed E-state index contributed by atoms with van der Waals surface area (Å²) >= 11 is 0. The number of halogens is 1. The summed E-state index contributed by atoms with van der Waals surface area (Å²) in [5, 5.41) is 2.77. The van der Waals surface area contributed by atoms with E-state index in [1.807, 2.05) is 6.92 Å². The largest absolute Gasteiger partial charge is 0.326 e. The Labute approximate surface area is 105 Å². The lowest BCUT2D eigenvalue weighted by atomic mass is 10.1. The molecule has 0 aliphatic rings. The molecular formula is C14H13FN2O. The van der Waals surface area contributed by atoms with Gasteiger partial charge in [0.1, 0.15) is 5.82 Å². The average Bonchev–Trinajstić information content (AvgIpc) is 2.32. The molecule has 0 spiro atoms. The number of hydrogen-bond acceptors (Lipinski definition) is 2. The second-order valence-corrected chi connectivity index (χ2v) is 4.04. The number of carbonyl (C=O) groups excluding carboxylic acids is 1. The van der Waals surface area contributed by atoms with Crippen molar-refractivity contribution < 1.29 is 9.18 Å². The molecule has 1 amide bonds. The van der Waals surface area contributed by atoms with E-state index >= 15 is 0 Å². The lowest BCUT2D eigenvalue weighted by molar-refractivity contribution is -0.115. The predicted molar refractivity (Wildman–Crippen MR) is 67.7 cm³/mol. The van der Waals surface area contributed by atoms with Gasteiger partial charge in [0, 0.05) is 17.6 Å². The molecule has 0 saturated carbocycles. The van der Waals surface area contributed by atoms with Gasteiger partial charge in [-0.05, 0) is 36.8 Å². The van der Waals surface area contributed by atoms with Gasteiger partial charge in [0.15, 0.2) is 0 Å². The molecule has 0 aliphatic carbocycles. The molecule has 1 aromatic carbocycles. The minimum absolute atomic E-state index is 0.132. The third kappa shape index (κ3) is 3.38. The van der Waals surface area contributed by atoms with Gasteiger partial charge in [0.25, 0.3) is 0 Å². The SMILES string of the molecule is Cc1cc(NC(=O)Cc2ccc(F)cc2)ccn1. The summed E-state index contributed by atoms with van der Waals surface area (Å²) in [5.74, 6) is -0.434. The number of amides is 1. The van der Waals surface area contributed by atoms with Gasteiger partial charge >= 0.3 is 0 Å². The highest BCUT2D eigenvalue weighted by molar-refractivity contribution is 5.92. The molecule has 0 bridgehead atoms. The second kappa shape index (κ2) is 5.40. The Morgan fingerprint density at radius 3 is 2.67 bits per heavy atom. The highest BCUT2D eigenvalue weighted by Crippen LogP contribution is 2.09. The maximum Gasteiger partial charge on any atom is 0.228 e. The third-order valence-corrected chi connectivity index (χ3v) is 2.46. The van der Waals surface area contributed by atoms with Crippen LogP contribution in [0.1, 0.15) is 11.3 Å². The normalized spacial score (nSPS) is 10.1. The lowest BCUT2D eigenvalue weighted by Gasteiger charge is -2.05. The number of hydrogen-bond donors (Lipinski definition) is 1. The van der Waals surface area contributed by atoms with Crippen LogP contribution in [0.15, 0.2) is 42.6 Å². The summed E-state index contributed by atoms with van der Waals surface area (Å²) in [6.45, 7) is 1.86. The first-order chi connectivity index (χ1) is 8.63. The summed E-state index contributed by atoms with van der Waals surface area (Å²) in [6, 6.07) is 9.43. The van der Waals surface area contributed by atoms with Crippen molar-refractivity contribution in [1.82, 2.24) is 4.98 Å². The van der Waals surface area contributed by atoms with Crippen molar-refractivity contribution in [1.29, 1.82) is 0 Å². The molecule has 2 rings (SSSR count). The first-order valence-electron chi connectivity index (χ1n) is 5.60. The molecule has 0 saturated heterocycles. The molecule has 1 N–H and O–H groups in total. The van der Waals surface area contributed by atoms with E-state index < -0.39 is 0 Å². The third-order valence-electron chi connectivity index (χ3n) is 2.46. The Morgan fingerprint density at radius 2 is 2.00 bits per heavy atom. The van der Waals surface area contributed by atoms with E-state index in [-0.39, 0.29) is 18.1 Å². The summed E-state index contributed by atoms with van der Waals surface area (Å²) in [4.78, 5) is 15.8. The monoisotopic (exact) mass is 244 g/mol. The molecule has 0 atom stereocenters. The summed E-state index contributed by atoms with van der Waals surface area (Å²) in [7, 11) is 0. The Bertz CT molecular complexity index is 552. The van der Waals surface area contributed by atoms with Gasteiger partial charge in [0.05, 0.1) is 6.42 Å². The van der Waals surface area contributed by atoms with Crippen LogP contribution in [0.3, 0.4) is 0 Å². The lowest BCUT2D eigenvalue weighted by Crippen LogP contribution is -2.14. The minimum Gasteiger partial charge on any atom is -0.326 e. The number of aryl methyl sites for hydroxylation is 1. The Balaban J connectivity index is 1.98. The zero-order valence-electron chi connectivity index (χ0n) is 9.98. The maximum absolute atomic E-state index is 12.7. The summed E-state index contributed by atoms with van der Waals surface area (Å²) < 4.78 is 12.7. The second-order valence-electron chi connectivity index (χ2n) is 4.04. The summed E-state index contributed by atoms with van der Waals surface area (Å²) in [5.41, 5.74) is 2.34. The van der Waals surface area contributed by atoms with Crippen LogP contribution in [-0.2, 0) is 11.2 Å². The number of pyridine rings is 1. The fourth-order valence-electron chi connectivity index (χ4n) is 1.62. The molecule has 0 unspecified atom stereocenters. The number of carbonyl (C=O) groups is 1. The minimum atomic E-state index is -0.302. The molecule has 1 heterocycles. The highest BCUT2D eigenvalue weighted by Gasteiger charge is 2.04.